The summed E-state index contributed by atoms with van der Waals surface area (Å²) >= 11 is 0. The highest BCUT2D eigenvalue weighted by Gasteiger charge is 2.29. The van der Waals surface area contributed by atoms with E-state index in [1.54, 1.807) is 13.8 Å². The van der Waals surface area contributed by atoms with Crippen molar-refractivity contribution in [2.24, 2.45) is 5.92 Å². The molecule has 5 rings (SSSR count). The van der Waals surface area contributed by atoms with E-state index < -0.39 is 23.8 Å². The molecule has 4 aromatic carbocycles. The first kappa shape index (κ1) is 42.9. The minimum Gasteiger partial charge on any atom is -1.00 e. The van der Waals surface area contributed by atoms with Crippen LogP contribution < -0.4 is 22.9 Å². The van der Waals surface area contributed by atoms with E-state index in [0.29, 0.717) is 0 Å². The molecule has 0 unspecified atom stereocenters. The second kappa shape index (κ2) is 21.3. The Morgan fingerprint density at radius 1 is 0.630 bits per heavy atom. The summed E-state index contributed by atoms with van der Waals surface area (Å²) in [5, 5.41) is 10.2. The number of nitrogens with zero attached hydrogens (tertiary/aromatic N) is 1. The number of carbonyl (C=O) groups excluding carboxylic acids is 3. The van der Waals surface area contributed by atoms with Gasteiger partial charge in [0.1, 0.15) is 12.2 Å². The van der Waals surface area contributed by atoms with Crippen LogP contribution in [0.5, 0.6) is 11.5 Å². The SMILES string of the molecule is COc1ccnc(C(=O)C[C@@H](C)C(=O)O[C@@H](C)C(c2ccccc2)c2ccccc2)c1O.C[C@H]([NH3+])C(=O)O[C@@H](C)C(c1ccccc1)c1ccccc1.[Cl-]. The maximum atomic E-state index is 12.8. The molecule has 0 spiro atoms. The summed E-state index contributed by atoms with van der Waals surface area (Å²) in [6.07, 6.45) is 0.543. The Hall–Kier alpha value is -5.51. The molecule has 0 amide bonds. The smallest absolute Gasteiger partial charge is 0.364 e. The number of ketones is 1. The van der Waals surface area contributed by atoms with E-state index in [9.17, 15) is 19.5 Å². The van der Waals surface area contributed by atoms with Crippen molar-refractivity contribution in [2.75, 3.05) is 7.11 Å². The van der Waals surface area contributed by atoms with Gasteiger partial charge in [-0.3, -0.25) is 9.59 Å². The molecular formula is C44H49ClN2O7. The Labute approximate surface area is 323 Å². The van der Waals surface area contributed by atoms with Crippen LogP contribution in [-0.2, 0) is 19.1 Å². The highest BCUT2D eigenvalue weighted by molar-refractivity contribution is 5.99. The zero-order valence-corrected chi connectivity index (χ0v) is 32.1. The number of carbonyl (C=O) groups is 3. The molecule has 0 aliphatic heterocycles. The molecule has 54 heavy (non-hydrogen) atoms. The molecule has 0 saturated heterocycles. The standard InChI is InChI=1S/C26H27NO5.C18H21NO2.ClH/c1-17(16-21(28)24-25(29)22(31-3)14-15-27-24)26(30)32-18(2)23(19-10-6-4-7-11-19)20-12-8-5-9-13-20;1-13(19)18(20)21-14(2)17(15-9-5-3-6-10-15)16-11-7-4-8-12-16;/h4-15,17-18,23,29H,16H2,1-3H3;3-14,17H,19H2,1-2H3;1H/t17-,18+;13-,14-;/m10./s1. The average Bonchev–Trinajstić information content (AvgIpc) is 3.17. The van der Waals surface area contributed by atoms with Crippen LogP contribution in [0, 0.1) is 5.92 Å². The Morgan fingerprint density at radius 3 is 1.35 bits per heavy atom. The van der Waals surface area contributed by atoms with E-state index in [1.807, 2.05) is 111 Å². The second-order valence-corrected chi connectivity index (χ2v) is 13.0. The van der Waals surface area contributed by atoms with E-state index in [2.05, 4.69) is 35.0 Å². The van der Waals surface area contributed by atoms with E-state index in [-0.39, 0.29) is 66.0 Å². The molecule has 1 heterocycles. The number of pyridine rings is 1. The Bertz CT molecular complexity index is 1820. The fourth-order valence-electron chi connectivity index (χ4n) is 6.11. The van der Waals surface area contributed by atoms with Gasteiger partial charge in [-0.2, -0.15) is 0 Å². The van der Waals surface area contributed by atoms with Crippen molar-refractivity contribution in [1.82, 2.24) is 4.98 Å². The lowest BCUT2D eigenvalue weighted by Gasteiger charge is -2.26. The van der Waals surface area contributed by atoms with Gasteiger partial charge in [0.15, 0.2) is 29.0 Å². The van der Waals surface area contributed by atoms with Gasteiger partial charge < -0.3 is 37.5 Å². The van der Waals surface area contributed by atoms with Crippen molar-refractivity contribution < 1.29 is 51.8 Å². The van der Waals surface area contributed by atoms with Crippen molar-refractivity contribution in [3.63, 3.8) is 0 Å². The molecule has 0 bridgehead atoms. The number of rotatable bonds is 14. The Balaban J connectivity index is 0.000000310. The molecule has 0 aliphatic rings. The van der Waals surface area contributed by atoms with Crippen molar-refractivity contribution in [2.45, 2.75) is 64.2 Å². The van der Waals surface area contributed by atoms with Gasteiger partial charge in [0, 0.05) is 30.5 Å². The van der Waals surface area contributed by atoms with Crippen LogP contribution in [0.4, 0.5) is 0 Å². The summed E-state index contributed by atoms with van der Waals surface area (Å²) in [6.45, 7) is 7.16. The van der Waals surface area contributed by atoms with E-state index >= 15 is 0 Å². The minimum absolute atomic E-state index is 0. The van der Waals surface area contributed by atoms with Crippen molar-refractivity contribution in [3.05, 3.63) is 162 Å². The molecule has 0 saturated carbocycles. The third-order valence-electron chi connectivity index (χ3n) is 8.85. The first-order valence-corrected chi connectivity index (χ1v) is 17.7. The number of Topliss-reactive ketones (excluding diaryl/α,β-unsaturated/α-hetero) is 1. The van der Waals surface area contributed by atoms with Gasteiger partial charge in [-0.15, -0.1) is 0 Å². The van der Waals surface area contributed by atoms with Gasteiger partial charge in [0.2, 0.25) is 0 Å². The van der Waals surface area contributed by atoms with Crippen molar-refractivity contribution >= 4 is 17.7 Å². The number of aromatic nitrogens is 1. The number of esters is 2. The first-order valence-electron chi connectivity index (χ1n) is 17.7. The van der Waals surface area contributed by atoms with Crippen LogP contribution in [-0.4, -0.2) is 53.2 Å². The summed E-state index contributed by atoms with van der Waals surface area (Å²) < 4.78 is 16.4. The fraction of sp³-hybridized carbons (Fsp3) is 0.273. The van der Waals surface area contributed by atoms with Crippen LogP contribution in [0.1, 0.15) is 78.7 Å². The molecule has 1 aromatic heterocycles. The summed E-state index contributed by atoms with van der Waals surface area (Å²) in [6, 6.07) is 41.1. The predicted octanol–water partition coefficient (Wildman–Crippen LogP) is 4.15. The topological polar surface area (TPSA) is 140 Å². The third-order valence-corrected chi connectivity index (χ3v) is 8.85. The number of hydrogen-bond donors (Lipinski definition) is 2. The number of quaternary nitrogens is 1. The number of hydrogen-bond acceptors (Lipinski definition) is 8. The summed E-state index contributed by atoms with van der Waals surface area (Å²) in [7, 11) is 1.39. The Kier molecular flexibility index (Phi) is 16.9. The first-order chi connectivity index (χ1) is 25.5. The second-order valence-electron chi connectivity index (χ2n) is 13.0. The quantitative estimate of drug-likeness (QED) is 0.128. The predicted molar refractivity (Wildman–Crippen MR) is 203 cm³/mol. The summed E-state index contributed by atoms with van der Waals surface area (Å²) in [5.74, 6) is -2.21. The Morgan fingerprint density at radius 2 is 1.00 bits per heavy atom. The lowest BCUT2D eigenvalue weighted by molar-refractivity contribution is -0.403. The van der Waals surface area contributed by atoms with Gasteiger partial charge >= 0.3 is 11.9 Å². The zero-order chi connectivity index (χ0) is 38.3. The lowest BCUT2D eigenvalue weighted by atomic mass is 9.87. The molecule has 5 aromatic rings. The average molecular weight is 753 g/mol. The molecule has 4 atom stereocenters. The zero-order valence-electron chi connectivity index (χ0n) is 31.3. The number of halogens is 1. The lowest BCUT2D eigenvalue weighted by Crippen LogP contribution is -3.00. The molecule has 4 N–H and O–H groups in total. The van der Waals surface area contributed by atoms with E-state index in [1.165, 1.54) is 19.4 Å². The van der Waals surface area contributed by atoms with E-state index in [0.717, 1.165) is 22.3 Å². The van der Waals surface area contributed by atoms with Gasteiger partial charge in [-0.05, 0) is 43.0 Å². The largest absolute Gasteiger partial charge is 1.00 e. The van der Waals surface area contributed by atoms with Gasteiger partial charge in [-0.1, -0.05) is 128 Å². The van der Waals surface area contributed by atoms with Crippen LogP contribution in [0.15, 0.2) is 134 Å². The molecular weight excluding hydrogens is 704 g/mol. The highest BCUT2D eigenvalue weighted by Crippen LogP contribution is 2.32. The monoisotopic (exact) mass is 752 g/mol. The van der Waals surface area contributed by atoms with E-state index in [4.69, 9.17) is 14.2 Å². The number of ether oxygens (including phenoxy) is 3. The molecule has 284 valence electrons. The van der Waals surface area contributed by atoms with Gasteiger partial charge in [0.25, 0.3) is 0 Å². The molecule has 0 aliphatic carbocycles. The molecule has 0 fully saturated rings. The maximum Gasteiger partial charge on any atom is 0.364 e. The molecule has 10 heteroatoms. The van der Waals surface area contributed by atoms with Gasteiger partial charge in [-0.25, -0.2) is 9.78 Å². The fourth-order valence-corrected chi connectivity index (χ4v) is 6.11. The molecule has 0 radical (unpaired) electrons. The van der Waals surface area contributed by atoms with Crippen molar-refractivity contribution in [3.8, 4) is 11.5 Å². The third kappa shape index (κ3) is 11.7. The van der Waals surface area contributed by atoms with Crippen LogP contribution in [0.25, 0.3) is 0 Å². The number of aromatic hydroxyl groups is 1. The minimum atomic E-state index is -0.704. The summed E-state index contributed by atoms with van der Waals surface area (Å²) in [4.78, 5) is 41.2. The highest BCUT2D eigenvalue weighted by atomic mass is 35.5. The van der Waals surface area contributed by atoms with Crippen LogP contribution >= 0.6 is 0 Å². The van der Waals surface area contributed by atoms with Crippen LogP contribution in [0.2, 0.25) is 0 Å². The maximum absolute atomic E-state index is 12.8. The molecule has 9 nitrogen and oxygen atoms in total. The number of benzene rings is 4. The number of methoxy groups -OCH3 is 1. The normalized spacial score (nSPS) is 12.9. The van der Waals surface area contributed by atoms with Gasteiger partial charge in [0.05, 0.1) is 13.0 Å². The van der Waals surface area contributed by atoms with Crippen LogP contribution in [0.3, 0.4) is 0 Å². The van der Waals surface area contributed by atoms with Crippen molar-refractivity contribution in [1.29, 1.82) is 0 Å². The summed E-state index contributed by atoms with van der Waals surface area (Å²) in [5.41, 5.74) is 7.95.